The van der Waals surface area contributed by atoms with Crippen molar-refractivity contribution in [3.05, 3.63) is 35.3 Å². The molecule has 2 rings (SSSR count). The zero-order valence-electron chi connectivity index (χ0n) is 11.1. The summed E-state index contributed by atoms with van der Waals surface area (Å²) in [7, 11) is -0.296. The molecule has 0 atom stereocenters. The van der Waals surface area contributed by atoms with E-state index in [2.05, 4.69) is 15.0 Å². The summed E-state index contributed by atoms with van der Waals surface area (Å²) in [5, 5.41) is 5.03. The normalized spacial score (nSPS) is 11.3. The van der Waals surface area contributed by atoms with E-state index in [1.165, 1.54) is 17.4 Å². The number of methoxy groups -OCH3 is 1. The molecule has 108 valence electrons. The predicted molar refractivity (Wildman–Crippen MR) is 78.7 cm³/mol. The number of rotatable bonds is 6. The zero-order valence-corrected chi connectivity index (χ0v) is 12.7. The molecule has 6 nitrogen and oxygen atoms in total. The van der Waals surface area contributed by atoms with Crippen molar-refractivity contribution < 1.29 is 13.2 Å². The molecule has 0 unspecified atom stereocenters. The van der Waals surface area contributed by atoms with Gasteiger partial charge in [0.2, 0.25) is 0 Å². The highest BCUT2D eigenvalue weighted by Crippen LogP contribution is 2.24. The van der Waals surface area contributed by atoms with Crippen LogP contribution in [0.5, 0.6) is 5.75 Å². The van der Waals surface area contributed by atoms with E-state index in [9.17, 15) is 8.42 Å². The third kappa shape index (κ3) is 3.27. The number of sulfonamides is 1. The highest BCUT2D eigenvalue weighted by atomic mass is 32.2. The van der Waals surface area contributed by atoms with E-state index >= 15 is 0 Å². The lowest BCUT2D eigenvalue weighted by Crippen LogP contribution is -2.14. The molecule has 20 heavy (non-hydrogen) atoms. The van der Waals surface area contributed by atoms with Crippen LogP contribution in [0.25, 0.3) is 0 Å². The van der Waals surface area contributed by atoms with Gasteiger partial charge < -0.3 is 10.1 Å². The van der Waals surface area contributed by atoms with Crippen molar-refractivity contribution in [2.45, 2.75) is 11.4 Å². The van der Waals surface area contributed by atoms with Crippen molar-refractivity contribution in [2.24, 2.45) is 0 Å². The van der Waals surface area contributed by atoms with Crippen molar-refractivity contribution in [3.8, 4) is 5.75 Å². The van der Waals surface area contributed by atoms with Gasteiger partial charge in [-0.05, 0) is 25.2 Å². The van der Waals surface area contributed by atoms with Gasteiger partial charge in [0.15, 0.2) is 5.13 Å². The van der Waals surface area contributed by atoms with Crippen molar-refractivity contribution in [1.82, 2.24) is 10.3 Å². The fraction of sp³-hybridized carbons (Fsp3) is 0.250. The summed E-state index contributed by atoms with van der Waals surface area (Å²) >= 11 is 1.23. The van der Waals surface area contributed by atoms with Gasteiger partial charge in [0, 0.05) is 23.7 Å². The number of nitrogens with one attached hydrogen (secondary N) is 2. The number of nitrogens with zero attached hydrogens (tertiary/aromatic N) is 1. The van der Waals surface area contributed by atoms with Crippen molar-refractivity contribution in [1.29, 1.82) is 0 Å². The average molecular weight is 313 g/mol. The maximum Gasteiger partial charge on any atom is 0.263 e. The van der Waals surface area contributed by atoms with Crippen molar-refractivity contribution >= 4 is 26.5 Å². The zero-order chi connectivity index (χ0) is 14.6. The Morgan fingerprint density at radius 3 is 2.80 bits per heavy atom. The summed E-state index contributed by atoms with van der Waals surface area (Å²) in [4.78, 5) is 4.09. The monoisotopic (exact) mass is 313 g/mol. The summed E-state index contributed by atoms with van der Waals surface area (Å²) in [5.74, 6) is 0.646. The van der Waals surface area contributed by atoms with E-state index in [1.54, 1.807) is 37.9 Å². The first-order valence-electron chi connectivity index (χ1n) is 5.80. The minimum Gasteiger partial charge on any atom is -0.496 e. The van der Waals surface area contributed by atoms with Gasteiger partial charge in [0.25, 0.3) is 10.0 Å². The van der Waals surface area contributed by atoms with Gasteiger partial charge in [0.1, 0.15) is 5.75 Å². The molecule has 0 aliphatic heterocycles. The molecule has 0 amide bonds. The van der Waals surface area contributed by atoms with E-state index in [4.69, 9.17) is 4.74 Å². The van der Waals surface area contributed by atoms with Crippen LogP contribution in [0, 0.1) is 0 Å². The van der Waals surface area contributed by atoms with Gasteiger partial charge in [-0.25, -0.2) is 13.4 Å². The van der Waals surface area contributed by atoms with Crippen LogP contribution in [0.3, 0.4) is 0 Å². The molecule has 0 saturated carbocycles. The molecule has 0 spiro atoms. The van der Waals surface area contributed by atoms with E-state index in [0.29, 0.717) is 17.4 Å². The maximum atomic E-state index is 12.2. The summed E-state index contributed by atoms with van der Waals surface area (Å²) in [6, 6.07) is 4.74. The van der Waals surface area contributed by atoms with Crippen molar-refractivity contribution in [2.75, 3.05) is 18.9 Å². The maximum absolute atomic E-state index is 12.2. The molecule has 0 aliphatic carbocycles. The highest BCUT2D eigenvalue weighted by Gasteiger charge is 2.17. The number of benzene rings is 1. The fourth-order valence-electron chi connectivity index (χ4n) is 1.70. The van der Waals surface area contributed by atoms with Crippen LogP contribution in [0.4, 0.5) is 5.13 Å². The number of hydrogen-bond donors (Lipinski definition) is 2. The first-order chi connectivity index (χ1) is 9.56. The lowest BCUT2D eigenvalue weighted by atomic mass is 10.2. The van der Waals surface area contributed by atoms with E-state index in [-0.39, 0.29) is 4.90 Å². The van der Waals surface area contributed by atoms with E-state index in [1.807, 2.05) is 0 Å². The van der Waals surface area contributed by atoms with Gasteiger partial charge in [-0.1, -0.05) is 0 Å². The SMILES string of the molecule is CNCc1cc(S(=O)(=O)Nc2nccs2)ccc1OC. The number of thiazole rings is 1. The number of aromatic nitrogens is 1. The highest BCUT2D eigenvalue weighted by molar-refractivity contribution is 7.93. The Bertz CT molecular complexity index is 669. The Hall–Kier alpha value is -1.64. The van der Waals surface area contributed by atoms with E-state index in [0.717, 1.165) is 5.56 Å². The third-order valence-corrected chi connectivity index (χ3v) is 4.74. The Labute approximate surface area is 121 Å². The minimum atomic E-state index is -3.63. The molecule has 2 N–H and O–H groups in total. The Kier molecular flexibility index (Phi) is 4.58. The Morgan fingerprint density at radius 2 is 2.20 bits per heavy atom. The topological polar surface area (TPSA) is 80.3 Å². The Morgan fingerprint density at radius 1 is 1.40 bits per heavy atom. The van der Waals surface area contributed by atoms with Crippen LogP contribution in [0.1, 0.15) is 5.56 Å². The van der Waals surface area contributed by atoms with Crippen LogP contribution in [0.15, 0.2) is 34.7 Å². The second-order valence-electron chi connectivity index (χ2n) is 3.95. The predicted octanol–water partition coefficient (Wildman–Crippen LogP) is 1.67. The van der Waals surface area contributed by atoms with Crippen LogP contribution in [0.2, 0.25) is 0 Å². The van der Waals surface area contributed by atoms with Crippen LogP contribution < -0.4 is 14.8 Å². The van der Waals surface area contributed by atoms with Gasteiger partial charge in [-0.2, -0.15) is 0 Å². The average Bonchev–Trinajstić information content (AvgIpc) is 2.91. The van der Waals surface area contributed by atoms with Gasteiger partial charge in [0.05, 0.1) is 12.0 Å². The molecule has 0 fully saturated rings. The minimum absolute atomic E-state index is 0.179. The molecule has 1 aromatic heterocycles. The van der Waals surface area contributed by atoms with Crippen LogP contribution in [-0.4, -0.2) is 27.6 Å². The summed E-state index contributed by atoms with van der Waals surface area (Å²) < 4.78 is 32.1. The van der Waals surface area contributed by atoms with Crippen LogP contribution >= 0.6 is 11.3 Å². The molecular formula is C12H15N3O3S2. The molecule has 0 aliphatic rings. The second-order valence-corrected chi connectivity index (χ2v) is 6.52. The fourth-order valence-corrected chi connectivity index (χ4v) is 3.54. The quantitative estimate of drug-likeness (QED) is 0.848. The first kappa shape index (κ1) is 14.8. The van der Waals surface area contributed by atoms with E-state index < -0.39 is 10.0 Å². The number of hydrogen-bond acceptors (Lipinski definition) is 6. The molecule has 0 radical (unpaired) electrons. The smallest absolute Gasteiger partial charge is 0.263 e. The molecule has 8 heteroatoms. The molecular weight excluding hydrogens is 298 g/mol. The molecule has 2 aromatic rings. The third-order valence-electron chi connectivity index (χ3n) is 2.58. The van der Waals surface area contributed by atoms with Gasteiger partial charge >= 0.3 is 0 Å². The van der Waals surface area contributed by atoms with Crippen molar-refractivity contribution in [3.63, 3.8) is 0 Å². The number of anilines is 1. The largest absolute Gasteiger partial charge is 0.496 e. The van der Waals surface area contributed by atoms with Gasteiger partial charge in [-0.3, -0.25) is 4.72 Å². The first-order valence-corrected chi connectivity index (χ1v) is 8.17. The summed E-state index contributed by atoms with van der Waals surface area (Å²) in [6.45, 7) is 0.518. The van der Waals surface area contributed by atoms with Crippen LogP contribution in [-0.2, 0) is 16.6 Å². The summed E-state index contributed by atoms with van der Waals surface area (Å²) in [6.07, 6.45) is 1.54. The molecule has 1 aromatic carbocycles. The lowest BCUT2D eigenvalue weighted by molar-refractivity contribution is 0.408. The Balaban J connectivity index is 2.34. The lowest BCUT2D eigenvalue weighted by Gasteiger charge is -2.11. The molecule has 0 bridgehead atoms. The standard InChI is InChI=1S/C12H15N3O3S2/c1-13-8-9-7-10(3-4-11(9)18-2)20(16,17)15-12-14-5-6-19-12/h3-7,13H,8H2,1-2H3,(H,14,15). The second kappa shape index (κ2) is 6.21. The summed E-state index contributed by atoms with van der Waals surface area (Å²) in [5.41, 5.74) is 0.775. The molecule has 1 heterocycles. The number of ether oxygens (including phenoxy) is 1. The van der Waals surface area contributed by atoms with Gasteiger partial charge in [-0.15, -0.1) is 11.3 Å². The molecule has 0 saturated heterocycles.